The Morgan fingerprint density at radius 1 is 1.13 bits per heavy atom. The number of rotatable bonds is 1. The lowest BCUT2D eigenvalue weighted by Crippen LogP contribution is -2.11. The van der Waals surface area contributed by atoms with Gasteiger partial charge in [-0.1, -0.05) is 45.0 Å². The molecule has 81 valence electrons. The van der Waals surface area contributed by atoms with Crippen LogP contribution < -0.4 is 5.32 Å². The fourth-order valence-electron chi connectivity index (χ4n) is 2.10. The number of benzene rings is 1. The van der Waals surface area contributed by atoms with E-state index in [1.807, 2.05) is 0 Å². The van der Waals surface area contributed by atoms with E-state index >= 15 is 0 Å². The molecule has 1 atom stereocenters. The summed E-state index contributed by atoms with van der Waals surface area (Å²) in [7, 11) is 0. The van der Waals surface area contributed by atoms with E-state index in [1.165, 1.54) is 24.0 Å². The maximum Gasteiger partial charge on any atom is 0.0496 e. The molecule has 0 bridgehead atoms. The van der Waals surface area contributed by atoms with E-state index in [0.717, 1.165) is 6.54 Å². The Labute approximate surface area is 92.9 Å². The van der Waals surface area contributed by atoms with Gasteiger partial charge < -0.3 is 0 Å². The molecule has 1 fully saturated rings. The molecule has 1 heterocycles. The summed E-state index contributed by atoms with van der Waals surface area (Å²) in [6, 6.07) is 9.48. The van der Waals surface area contributed by atoms with Crippen LogP contribution in [0.25, 0.3) is 0 Å². The van der Waals surface area contributed by atoms with Crippen molar-refractivity contribution in [3.63, 3.8) is 0 Å². The van der Waals surface area contributed by atoms with Gasteiger partial charge in [-0.2, -0.15) is 0 Å². The first-order chi connectivity index (χ1) is 7.07. The van der Waals surface area contributed by atoms with E-state index in [9.17, 15) is 0 Å². The number of nitrogens with zero attached hydrogens (tertiary/aromatic N) is 1. The maximum atomic E-state index is 4.60. The molecule has 1 radical (unpaired) electrons. The standard InChI is InChI=1S/C14H20N/c1-14(2,3)12-8-6-11(7-9-12)13-5-4-10-15-13/h6-9,13H,4-5,10H2,1-3H3. The van der Waals surface area contributed by atoms with Gasteiger partial charge in [0, 0.05) is 12.6 Å². The first-order valence-electron chi connectivity index (χ1n) is 5.84. The van der Waals surface area contributed by atoms with Gasteiger partial charge in [0.2, 0.25) is 0 Å². The zero-order chi connectivity index (χ0) is 10.9. The topological polar surface area (TPSA) is 14.1 Å². The smallest absolute Gasteiger partial charge is 0.0496 e. The lowest BCUT2D eigenvalue weighted by Gasteiger charge is -2.20. The van der Waals surface area contributed by atoms with Gasteiger partial charge in [0.05, 0.1) is 0 Å². The highest BCUT2D eigenvalue weighted by molar-refractivity contribution is 5.29. The van der Waals surface area contributed by atoms with E-state index < -0.39 is 0 Å². The van der Waals surface area contributed by atoms with Crippen LogP contribution in [0.4, 0.5) is 0 Å². The molecule has 1 aromatic rings. The molecule has 1 aliphatic rings. The summed E-state index contributed by atoms with van der Waals surface area (Å²) in [5, 5.41) is 4.60. The summed E-state index contributed by atoms with van der Waals surface area (Å²) in [6.45, 7) is 7.80. The summed E-state index contributed by atoms with van der Waals surface area (Å²) in [5.41, 5.74) is 3.05. The summed E-state index contributed by atoms with van der Waals surface area (Å²) in [4.78, 5) is 0. The van der Waals surface area contributed by atoms with Crippen LogP contribution in [0.2, 0.25) is 0 Å². The van der Waals surface area contributed by atoms with E-state index in [2.05, 4.69) is 50.4 Å². The second-order valence-electron chi connectivity index (χ2n) is 5.44. The molecule has 1 saturated heterocycles. The van der Waals surface area contributed by atoms with Crippen molar-refractivity contribution in [3.05, 3.63) is 35.4 Å². The average molecular weight is 202 g/mol. The third-order valence-corrected chi connectivity index (χ3v) is 3.15. The number of hydrogen-bond acceptors (Lipinski definition) is 0. The molecule has 1 nitrogen and oxygen atoms in total. The van der Waals surface area contributed by atoms with E-state index in [-0.39, 0.29) is 5.41 Å². The maximum absolute atomic E-state index is 4.60. The third-order valence-electron chi connectivity index (χ3n) is 3.15. The van der Waals surface area contributed by atoms with Crippen LogP contribution in [0, 0.1) is 0 Å². The Morgan fingerprint density at radius 3 is 2.27 bits per heavy atom. The molecule has 2 rings (SSSR count). The molecular weight excluding hydrogens is 182 g/mol. The Morgan fingerprint density at radius 2 is 1.80 bits per heavy atom. The first kappa shape index (κ1) is 10.7. The van der Waals surface area contributed by atoms with Crippen LogP contribution in [0.15, 0.2) is 24.3 Å². The van der Waals surface area contributed by atoms with Crippen molar-refractivity contribution in [3.8, 4) is 0 Å². The molecular formula is C14H20N. The highest BCUT2D eigenvalue weighted by atomic mass is 14.9. The molecule has 15 heavy (non-hydrogen) atoms. The monoisotopic (exact) mass is 202 g/mol. The molecule has 0 aliphatic carbocycles. The summed E-state index contributed by atoms with van der Waals surface area (Å²) in [6.07, 6.45) is 2.49. The Hall–Kier alpha value is -0.820. The zero-order valence-corrected chi connectivity index (χ0v) is 9.96. The highest BCUT2D eigenvalue weighted by Gasteiger charge is 2.18. The third kappa shape index (κ3) is 2.40. The van der Waals surface area contributed by atoms with Crippen molar-refractivity contribution >= 4 is 0 Å². The molecule has 0 spiro atoms. The van der Waals surface area contributed by atoms with Crippen LogP contribution in [-0.4, -0.2) is 6.54 Å². The molecule has 1 unspecified atom stereocenters. The van der Waals surface area contributed by atoms with Crippen molar-refractivity contribution < 1.29 is 0 Å². The minimum atomic E-state index is 0.255. The molecule has 1 aromatic carbocycles. The Kier molecular flexibility index (Phi) is 2.83. The fourth-order valence-corrected chi connectivity index (χ4v) is 2.10. The normalized spacial score (nSPS) is 21.9. The molecule has 0 aromatic heterocycles. The molecule has 0 saturated carbocycles. The predicted octanol–water partition coefficient (Wildman–Crippen LogP) is 3.42. The van der Waals surface area contributed by atoms with Gasteiger partial charge >= 0.3 is 0 Å². The minimum absolute atomic E-state index is 0.255. The molecule has 0 amide bonds. The van der Waals surface area contributed by atoms with Crippen molar-refractivity contribution in [2.24, 2.45) is 0 Å². The Bertz CT molecular complexity index is 312. The zero-order valence-electron chi connectivity index (χ0n) is 9.96. The van der Waals surface area contributed by atoms with E-state index in [1.54, 1.807) is 0 Å². The largest absolute Gasteiger partial charge is 0.234 e. The quantitative estimate of drug-likeness (QED) is 0.662. The van der Waals surface area contributed by atoms with Gasteiger partial charge in [-0.25, -0.2) is 5.32 Å². The molecule has 0 N–H and O–H groups in total. The summed E-state index contributed by atoms with van der Waals surface area (Å²) >= 11 is 0. The fraction of sp³-hybridized carbons (Fsp3) is 0.571. The SMILES string of the molecule is CC(C)(C)c1ccc(C2CCC[N]2)cc1. The molecule has 1 aliphatic heterocycles. The van der Waals surface area contributed by atoms with E-state index in [0.29, 0.717) is 6.04 Å². The van der Waals surface area contributed by atoms with Gasteiger partial charge in [-0.05, 0) is 29.4 Å². The van der Waals surface area contributed by atoms with Gasteiger partial charge in [-0.3, -0.25) is 0 Å². The lowest BCUT2D eigenvalue weighted by molar-refractivity contribution is 0.587. The van der Waals surface area contributed by atoms with Crippen LogP contribution in [0.1, 0.15) is 50.8 Å². The highest BCUT2D eigenvalue weighted by Crippen LogP contribution is 2.27. The van der Waals surface area contributed by atoms with Gasteiger partial charge in [0.15, 0.2) is 0 Å². The summed E-state index contributed by atoms with van der Waals surface area (Å²) < 4.78 is 0. The minimum Gasteiger partial charge on any atom is -0.234 e. The first-order valence-corrected chi connectivity index (χ1v) is 5.84. The molecule has 1 heteroatoms. The summed E-state index contributed by atoms with van der Waals surface area (Å²) in [5.74, 6) is 0. The van der Waals surface area contributed by atoms with Crippen molar-refractivity contribution in [2.45, 2.75) is 45.1 Å². The van der Waals surface area contributed by atoms with Crippen LogP contribution >= 0.6 is 0 Å². The lowest BCUT2D eigenvalue weighted by atomic mass is 9.86. The van der Waals surface area contributed by atoms with Crippen LogP contribution in [-0.2, 0) is 5.41 Å². The number of hydrogen-bond donors (Lipinski definition) is 0. The van der Waals surface area contributed by atoms with E-state index in [4.69, 9.17) is 0 Å². The van der Waals surface area contributed by atoms with Crippen molar-refractivity contribution in [1.82, 2.24) is 5.32 Å². The van der Waals surface area contributed by atoms with Crippen molar-refractivity contribution in [1.29, 1.82) is 0 Å². The Balaban J connectivity index is 2.16. The predicted molar refractivity (Wildman–Crippen MR) is 64.1 cm³/mol. The van der Waals surface area contributed by atoms with Crippen LogP contribution in [0.5, 0.6) is 0 Å². The average Bonchev–Trinajstić information content (AvgIpc) is 2.69. The van der Waals surface area contributed by atoms with Crippen LogP contribution in [0.3, 0.4) is 0 Å². The van der Waals surface area contributed by atoms with Gasteiger partial charge in [-0.15, -0.1) is 0 Å². The second-order valence-corrected chi connectivity index (χ2v) is 5.44. The van der Waals surface area contributed by atoms with Gasteiger partial charge in [0.25, 0.3) is 0 Å². The second kappa shape index (κ2) is 3.97. The van der Waals surface area contributed by atoms with Crippen molar-refractivity contribution in [2.75, 3.05) is 6.54 Å². The van der Waals surface area contributed by atoms with Gasteiger partial charge in [0.1, 0.15) is 0 Å².